The van der Waals surface area contributed by atoms with Crippen molar-refractivity contribution in [3.05, 3.63) is 22.8 Å². The fourth-order valence-corrected chi connectivity index (χ4v) is 2.76. The first kappa shape index (κ1) is 16.5. The van der Waals surface area contributed by atoms with E-state index in [1.807, 2.05) is 12.1 Å². The van der Waals surface area contributed by atoms with Gasteiger partial charge in [0.05, 0.1) is 16.8 Å². The second-order valence-electron chi connectivity index (χ2n) is 5.46. The third-order valence-electron chi connectivity index (χ3n) is 3.71. The molecule has 0 amide bonds. The zero-order chi connectivity index (χ0) is 15.1. The highest BCUT2D eigenvalue weighted by Gasteiger charge is 2.21. The number of aromatic nitrogens is 1. The zero-order valence-electron chi connectivity index (χ0n) is 13.1. The van der Waals surface area contributed by atoms with Crippen LogP contribution in [0.1, 0.15) is 38.8 Å². The molecule has 1 aromatic rings. The van der Waals surface area contributed by atoms with Gasteiger partial charge in [-0.2, -0.15) is 0 Å². The van der Waals surface area contributed by atoms with Crippen LogP contribution in [-0.2, 0) is 11.3 Å². The van der Waals surface area contributed by atoms with Gasteiger partial charge in [0.2, 0.25) is 0 Å². The van der Waals surface area contributed by atoms with Crippen molar-refractivity contribution in [2.45, 2.75) is 45.8 Å². The third kappa shape index (κ3) is 4.83. The summed E-state index contributed by atoms with van der Waals surface area (Å²) in [6, 6.07) is 3.97. The molecular formula is C16H26ClN3O. The first-order valence-corrected chi connectivity index (χ1v) is 8.35. The maximum Gasteiger partial charge on any atom is 0.129 e. The summed E-state index contributed by atoms with van der Waals surface area (Å²) in [6.45, 7) is 8.67. The van der Waals surface area contributed by atoms with Crippen molar-refractivity contribution in [1.82, 2.24) is 10.3 Å². The molecule has 2 heterocycles. The minimum absolute atomic E-state index is 0.327. The van der Waals surface area contributed by atoms with Crippen molar-refractivity contribution in [3.63, 3.8) is 0 Å². The molecule has 1 N–H and O–H groups in total. The monoisotopic (exact) mass is 311 g/mol. The molecule has 118 valence electrons. The Bertz CT molecular complexity index is 442. The van der Waals surface area contributed by atoms with Gasteiger partial charge in [-0.05, 0) is 37.9 Å². The van der Waals surface area contributed by atoms with Crippen LogP contribution in [0.4, 0.5) is 5.82 Å². The number of nitrogens with one attached hydrogen (secondary N) is 1. The lowest BCUT2D eigenvalue weighted by Gasteiger charge is -2.33. The number of ether oxygens (including phenoxy) is 1. The van der Waals surface area contributed by atoms with Gasteiger partial charge in [0.1, 0.15) is 5.82 Å². The number of halogens is 1. The highest BCUT2D eigenvalue weighted by molar-refractivity contribution is 6.31. The van der Waals surface area contributed by atoms with Crippen molar-refractivity contribution in [1.29, 1.82) is 0 Å². The average molecular weight is 312 g/mol. The van der Waals surface area contributed by atoms with Gasteiger partial charge in [-0.15, -0.1) is 0 Å². The predicted molar refractivity (Wildman–Crippen MR) is 88.1 cm³/mol. The number of nitrogens with zero attached hydrogens (tertiary/aromatic N) is 2. The zero-order valence-corrected chi connectivity index (χ0v) is 13.8. The molecule has 0 bridgehead atoms. The molecule has 0 saturated carbocycles. The third-order valence-corrected chi connectivity index (χ3v) is 4.05. The van der Waals surface area contributed by atoms with E-state index in [2.05, 4.69) is 24.1 Å². The second kappa shape index (κ2) is 8.57. The molecule has 0 aliphatic carbocycles. The number of hydrogen-bond donors (Lipinski definition) is 1. The van der Waals surface area contributed by atoms with E-state index in [-0.39, 0.29) is 0 Å². The Morgan fingerprint density at radius 2 is 2.29 bits per heavy atom. The van der Waals surface area contributed by atoms with E-state index in [0.29, 0.717) is 12.6 Å². The minimum Gasteiger partial charge on any atom is -0.376 e. The van der Waals surface area contributed by atoms with Crippen LogP contribution in [0.25, 0.3) is 0 Å². The van der Waals surface area contributed by atoms with Crippen LogP contribution >= 0.6 is 11.6 Å². The predicted octanol–water partition coefficient (Wildman–Crippen LogP) is 3.24. The van der Waals surface area contributed by atoms with Crippen molar-refractivity contribution in [2.75, 3.05) is 31.1 Å². The van der Waals surface area contributed by atoms with E-state index in [1.54, 1.807) is 0 Å². The van der Waals surface area contributed by atoms with Crippen molar-refractivity contribution >= 4 is 17.4 Å². The Balaban J connectivity index is 2.02. The molecule has 5 heteroatoms. The molecule has 1 atom stereocenters. The summed E-state index contributed by atoms with van der Waals surface area (Å²) in [5, 5.41) is 4.01. The molecule has 1 aromatic heterocycles. The Hall–Kier alpha value is -0.840. The van der Waals surface area contributed by atoms with Gasteiger partial charge in [-0.25, -0.2) is 4.98 Å². The molecule has 0 radical (unpaired) electrons. The highest BCUT2D eigenvalue weighted by atomic mass is 35.5. The molecule has 1 aliphatic rings. The first-order valence-electron chi connectivity index (χ1n) is 7.97. The molecule has 1 unspecified atom stereocenters. The molecule has 1 fully saturated rings. The van der Waals surface area contributed by atoms with Crippen molar-refractivity contribution in [3.8, 4) is 0 Å². The van der Waals surface area contributed by atoms with Crippen LogP contribution in [0.3, 0.4) is 0 Å². The van der Waals surface area contributed by atoms with Gasteiger partial charge < -0.3 is 15.0 Å². The highest BCUT2D eigenvalue weighted by Crippen LogP contribution is 2.23. The Labute approximate surface area is 132 Å². The topological polar surface area (TPSA) is 37.4 Å². The summed E-state index contributed by atoms with van der Waals surface area (Å²) in [5.74, 6) is 1.01. The lowest BCUT2D eigenvalue weighted by molar-refractivity contribution is 0.0439. The Morgan fingerprint density at radius 1 is 1.43 bits per heavy atom. The summed E-state index contributed by atoms with van der Waals surface area (Å²) in [4.78, 5) is 7.04. The molecule has 0 spiro atoms. The largest absolute Gasteiger partial charge is 0.376 e. The number of piperidine rings is 1. The van der Waals surface area contributed by atoms with Gasteiger partial charge in [-0.1, -0.05) is 25.4 Å². The summed E-state index contributed by atoms with van der Waals surface area (Å²) in [6.07, 6.45) is 3.70. The van der Waals surface area contributed by atoms with Crippen molar-refractivity contribution in [2.24, 2.45) is 0 Å². The van der Waals surface area contributed by atoms with E-state index in [1.165, 1.54) is 0 Å². The Kier molecular flexibility index (Phi) is 6.74. The smallest absolute Gasteiger partial charge is 0.129 e. The van der Waals surface area contributed by atoms with Crippen LogP contribution in [0.15, 0.2) is 12.1 Å². The minimum atomic E-state index is 0.327. The SMILES string of the molecule is CCCOC1CCCN(c2ccc(Cl)c(CNCC)n2)C1. The summed E-state index contributed by atoms with van der Waals surface area (Å²) < 4.78 is 5.89. The van der Waals surface area contributed by atoms with E-state index >= 15 is 0 Å². The quantitative estimate of drug-likeness (QED) is 0.839. The van der Waals surface area contributed by atoms with E-state index in [4.69, 9.17) is 21.3 Å². The second-order valence-corrected chi connectivity index (χ2v) is 5.87. The van der Waals surface area contributed by atoms with Gasteiger partial charge in [0, 0.05) is 26.2 Å². The fourth-order valence-electron chi connectivity index (χ4n) is 2.58. The van der Waals surface area contributed by atoms with Gasteiger partial charge >= 0.3 is 0 Å². The number of rotatable bonds is 7. The van der Waals surface area contributed by atoms with Crippen LogP contribution in [0, 0.1) is 0 Å². The molecule has 2 rings (SSSR count). The van der Waals surface area contributed by atoms with Crippen LogP contribution in [-0.4, -0.2) is 37.3 Å². The number of anilines is 1. The van der Waals surface area contributed by atoms with Gasteiger partial charge in [0.25, 0.3) is 0 Å². The van der Waals surface area contributed by atoms with Crippen LogP contribution < -0.4 is 10.2 Å². The molecule has 1 saturated heterocycles. The standard InChI is InChI=1S/C16H26ClN3O/c1-3-10-21-13-6-5-9-20(12-13)16-8-7-14(17)15(19-16)11-18-4-2/h7-8,13,18H,3-6,9-12H2,1-2H3. The normalized spacial score (nSPS) is 19.0. The van der Waals surface area contributed by atoms with Crippen molar-refractivity contribution < 1.29 is 4.74 Å². The average Bonchev–Trinajstić information content (AvgIpc) is 2.52. The molecule has 4 nitrogen and oxygen atoms in total. The van der Waals surface area contributed by atoms with E-state index in [9.17, 15) is 0 Å². The number of pyridine rings is 1. The molecular weight excluding hydrogens is 286 g/mol. The lowest BCUT2D eigenvalue weighted by atomic mass is 10.1. The summed E-state index contributed by atoms with van der Waals surface area (Å²) >= 11 is 6.22. The first-order chi connectivity index (χ1) is 10.2. The van der Waals surface area contributed by atoms with Crippen LogP contribution in [0.2, 0.25) is 5.02 Å². The molecule has 1 aliphatic heterocycles. The fraction of sp³-hybridized carbons (Fsp3) is 0.688. The van der Waals surface area contributed by atoms with E-state index in [0.717, 1.165) is 62.0 Å². The van der Waals surface area contributed by atoms with Gasteiger partial charge in [-0.3, -0.25) is 0 Å². The summed E-state index contributed by atoms with van der Waals surface area (Å²) in [7, 11) is 0. The summed E-state index contributed by atoms with van der Waals surface area (Å²) in [5.41, 5.74) is 0.924. The molecule has 21 heavy (non-hydrogen) atoms. The Morgan fingerprint density at radius 3 is 3.05 bits per heavy atom. The van der Waals surface area contributed by atoms with Crippen LogP contribution in [0.5, 0.6) is 0 Å². The van der Waals surface area contributed by atoms with E-state index < -0.39 is 0 Å². The lowest BCUT2D eigenvalue weighted by Crippen LogP contribution is -2.40. The maximum atomic E-state index is 6.22. The molecule has 0 aromatic carbocycles. The number of hydrogen-bond acceptors (Lipinski definition) is 4. The van der Waals surface area contributed by atoms with Gasteiger partial charge in [0.15, 0.2) is 0 Å². The maximum absolute atomic E-state index is 6.22.